The number of nitrogens with zero attached hydrogens (tertiary/aromatic N) is 2. The Morgan fingerprint density at radius 3 is 2.26 bits per heavy atom. The summed E-state index contributed by atoms with van der Waals surface area (Å²) in [7, 11) is 0. The third kappa shape index (κ3) is 8.85. The maximum atomic E-state index is 11.2. The third-order valence-corrected chi connectivity index (χ3v) is 5.33. The van der Waals surface area contributed by atoms with Crippen LogP contribution in [0.3, 0.4) is 0 Å². The average Bonchev–Trinajstić information content (AvgIpc) is 3.02. The fourth-order valence-electron chi connectivity index (χ4n) is 3.65. The molecule has 0 saturated heterocycles. The minimum absolute atomic E-state index is 0.0266. The van der Waals surface area contributed by atoms with Crippen LogP contribution in [0.4, 0.5) is 0 Å². The molecule has 0 saturated carbocycles. The number of aliphatic carboxylic acids is 1. The van der Waals surface area contributed by atoms with E-state index in [0.717, 1.165) is 25.1 Å². The van der Waals surface area contributed by atoms with Crippen LogP contribution in [0.1, 0.15) is 90.9 Å². The molecule has 27 heavy (non-hydrogen) atoms. The minimum Gasteiger partial charge on any atom is -0.477 e. The molecule has 0 bridgehead atoms. The lowest BCUT2D eigenvalue weighted by molar-refractivity contribution is -0.805. The number of carboxylic acids is 1. The summed E-state index contributed by atoms with van der Waals surface area (Å²) in [6.07, 6.45) is 22.5. The third-order valence-electron chi connectivity index (χ3n) is 5.33. The van der Waals surface area contributed by atoms with Crippen molar-refractivity contribution >= 4 is 11.8 Å². The van der Waals surface area contributed by atoms with Crippen molar-refractivity contribution in [3.05, 3.63) is 24.6 Å². The highest BCUT2D eigenvalue weighted by Gasteiger charge is 2.40. The second-order valence-electron chi connectivity index (χ2n) is 7.67. The Morgan fingerprint density at radius 1 is 1.11 bits per heavy atom. The van der Waals surface area contributed by atoms with E-state index < -0.39 is 5.97 Å². The van der Waals surface area contributed by atoms with Gasteiger partial charge >= 0.3 is 5.97 Å². The van der Waals surface area contributed by atoms with Crippen molar-refractivity contribution < 1.29 is 14.4 Å². The number of unbranched alkanes of at least 4 members (excludes halogenated alkanes) is 9. The van der Waals surface area contributed by atoms with Crippen LogP contribution in [0, 0.1) is 0 Å². The molecule has 5 heteroatoms. The molecule has 0 aliphatic carbocycles. The van der Waals surface area contributed by atoms with Gasteiger partial charge in [-0.25, -0.2) is 14.3 Å². The molecule has 0 fully saturated rings. The van der Waals surface area contributed by atoms with Crippen molar-refractivity contribution in [1.82, 2.24) is 0 Å². The van der Waals surface area contributed by atoms with Crippen molar-refractivity contribution in [2.45, 2.75) is 97.1 Å². The Labute approximate surface area is 165 Å². The van der Waals surface area contributed by atoms with E-state index in [4.69, 9.17) is 5.73 Å². The molecule has 3 N–H and O–H groups in total. The topological polar surface area (TPSA) is 75.7 Å². The van der Waals surface area contributed by atoms with Gasteiger partial charge in [0.15, 0.2) is 6.54 Å². The summed E-state index contributed by atoms with van der Waals surface area (Å²) in [5.74, 6) is 0.0532. The Bertz CT molecular complexity index is 512. The number of hydrogen-bond donors (Lipinski definition) is 2. The van der Waals surface area contributed by atoms with E-state index in [9.17, 15) is 9.90 Å². The predicted molar refractivity (Wildman–Crippen MR) is 113 cm³/mol. The number of allylic oxidation sites excluding steroid dienone is 2. The minimum atomic E-state index is -0.840. The normalized spacial score (nSPS) is 20.3. The summed E-state index contributed by atoms with van der Waals surface area (Å²) in [6, 6.07) is 0. The van der Waals surface area contributed by atoms with Crippen molar-refractivity contribution in [3.63, 3.8) is 0 Å². The summed E-state index contributed by atoms with van der Waals surface area (Å²) in [5, 5.41) is 9.23. The molecule has 2 atom stereocenters. The van der Waals surface area contributed by atoms with E-state index in [1.54, 1.807) is 6.20 Å². The Kier molecular flexibility index (Phi) is 11.9. The fourth-order valence-corrected chi connectivity index (χ4v) is 3.65. The lowest BCUT2D eigenvalue weighted by Crippen LogP contribution is -2.59. The number of carboxylic acid groups (broad SMARTS) is 1. The maximum absolute atomic E-state index is 11.2. The molecule has 0 radical (unpaired) electrons. The zero-order valence-corrected chi connectivity index (χ0v) is 17.4. The van der Waals surface area contributed by atoms with Gasteiger partial charge in [-0.05, 0) is 25.7 Å². The lowest BCUT2D eigenvalue weighted by Gasteiger charge is -2.34. The SMILES string of the molecule is CC/C=C/CCCCCCCCCCCC1=NC=C[N+]1(CC(=O)O)C(C)N. The van der Waals surface area contributed by atoms with Crippen LogP contribution in [0.2, 0.25) is 0 Å². The van der Waals surface area contributed by atoms with Crippen LogP contribution in [0.25, 0.3) is 0 Å². The standard InChI is InChI=1S/C22H39N3O2/c1-3-4-5-6-7-8-9-10-11-12-13-14-15-16-21-24-17-18-25(21,20(2)23)19-22(26)27/h4-5,17-18,20H,3,6-16,19,23H2,1-2H3/p+1/b5-4+. The van der Waals surface area contributed by atoms with Crippen LogP contribution < -0.4 is 5.73 Å². The van der Waals surface area contributed by atoms with Gasteiger partial charge in [-0.2, -0.15) is 0 Å². The summed E-state index contributed by atoms with van der Waals surface area (Å²) < 4.78 is 0.169. The average molecular weight is 379 g/mol. The van der Waals surface area contributed by atoms with Gasteiger partial charge in [0.1, 0.15) is 12.4 Å². The van der Waals surface area contributed by atoms with Gasteiger partial charge in [-0.1, -0.05) is 64.0 Å². The van der Waals surface area contributed by atoms with Crippen LogP contribution in [0.15, 0.2) is 29.5 Å². The number of aliphatic imine (C=N–C) groups is 1. The Morgan fingerprint density at radius 2 is 1.70 bits per heavy atom. The molecule has 154 valence electrons. The van der Waals surface area contributed by atoms with E-state index in [-0.39, 0.29) is 17.2 Å². The molecule has 0 spiro atoms. The van der Waals surface area contributed by atoms with Gasteiger partial charge in [-0.3, -0.25) is 5.73 Å². The van der Waals surface area contributed by atoms with Gasteiger partial charge in [0.2, 0.25) is 5.84 Å². The first kappa shape index (κ1) is 23.6. The number of amidine groups is 1. The zero-order chi connectivity index (χ0) is 20.0. The van der Waals surface area contributed by atoms with Gasteiger partial charge in [0.05, 0.1) is 6.20 Å². The second-order valence-corrected chi connectivity index (χ2v) is 7.67. The summed E-state index contributed by atoms with van der Waals surface area (Å²) in [6.45, 7) is 4.01. The summed E-state index contributed by atoms with van der Waals surface area (Å²) >= 11 is 0. The first-order valence-electron chi connectivity index (χ1n) is 10.8. The maximum Gasteiger partial charge on any atom is 0.360 e. The molecule has 0 aromatic heterocycles. The molecule has 2 unspecified atom stereocenters. The first-order chi connectivity index (χ1) is 13.0. The number of nitrogens with two attached hydrogens (primary N) is 1. The summed E-state index contributed by atoms with van der Waals surface area (Å²) in [4.78, 5) is 15.7. The number of rotatable bonds is 16. The van der Waals surface area contributed by atoms with Crippen molar-refractivity contribution in [3.8, 4) is 0 Å². The highest BCUT2D eigenvalue weighted by molar-refractivity contribution is 5.81. The Balaban J connectivity index is 2.09. The van der Waals surface area contributed by atoms with Gasteiger partial charge in [0.25, 0.3) is 0 Å². The second kappa shape index (κ2) is 13.7. The van der Waals surface area contributed by atoms with Crippen molar-refractivity contribution in [2.24, 2.45) is 10.7 Å². The van der Waals surface area contributed by atoms with Crippen LogP contribution in [-0.2, 0) is 4.79 Å². The van der Waals surface area contributed by atoms with E-state index in [1.807, 2.05) is 13.1 Å². The largest absolute Gasteiger partial charge is 0.477 e. The zero-order valence-electron chi connectivity index (χ0n) is 17.4. The van der Waals surface area contributed by atoms with E-state index >= 15 is 0 Å². The smallest absolute Gasteiger partial charge is 0.360 e. The quantitative estimate of drug-likeness (QED) is 0.216. The van der Waals surface area contributed by atoms with Gasteiger partial charge in [-0.15, -0.1) is 0 Å². The molecule has 1 aliphatic heterocycles. The van der Waals surface area contributed by atoms with E-state index in [0.29, 0.717) is 0 Å². The van der Waals surface area contributed by atoms with Crippen molar-refractivity contribution in [1.29, 1.82) is 0 Å². The van der Waals surface area contributed by atoms with Crippen LogP contribution in [0.5, 0.6) is 0 Å². The number of hydrogen-bond acceptors (Lipinski definition) is 3. The highest BCUT2D eigenvalue weighted by Crippen LogP contribution is 2.23. The highest BCUT2D eigenvalue weighted by atomic mass is 16.4. The monoisotopic (exact) mass is 378 g/mol. The first-order valence-corrected chi connectivity index (χ1v) is 10.8. The molecule has 0 amide bonds. The molecule has 5 nitrogen and oxygen atoms in total. The fraction of sp³-hybridized carbons (Fsp3) is 0.727. The number of carbonyl (C=O) groups is 1. The van der Waals surface area contributed by atoms with E-state index in [1.165, 1.54) is 57.8 Å². The lowest BCUT2D eigenvalue weighted by atomic mass is 10.0. The van der Waals surface area contributed by atoms with Gasteiger partial charge in [0, 0.05) is 13.3 Å². The van der Waals surface area contributed by atoms with Crippen molar-refractivity contribution in [2.75, 3.05) is 6.54 Å². The molecule has 0 aromatic rings. The van der Waals surface area contributed by atoms with E-state index in [2.05, 4.69) is 24.1 Å². The Hall–Kier alpha value is -1.46. The number of quaternary nitrogens is 1. The molecule has 0 aromatic carbocycles. The molecule has 1 rings (SSSR count). The molecular weight excluding hydrogens is 338 g/mol. The summed E-state index contributed by atoms with van der Waals surface area (Å²) in [5.41, 5.74) is 6.09. The molecular formula is C22H40N3O2+. The van der Waals surface area contributed by atoms with Crippen LogP contribution >= 0.6 is 0 Å². The predicted octanol–water partition coefficient (Wildman–Crippen LogP) is 5.33. The van der Waals surface area contributed by atoms with Gasteiger partial charge < -0.3 is 5.11 Å². The van der Waals surface area contributed by atoms with Crippen LogP contribution in [-0.4, -0.2) is 34.1 Å². The molecule has 1 heterocycles. The molecule has 1 aliphatic rings.